The molecule has 2 rings (SSSR count). The molecular weight excluding hydrogens is 300 g/mol. The fourth-order valence-electron chi connectivity index (χ4n) is 3.00. The van der Waals surface area contributed by atoms with Crippen LogP contribution < -0.4 is 9.62 Å². The zero-order chi connectivity index (χ0) is 16.5. The number of benzene rings is 1. The summed E-state index contributed by atoms with van der Waals surface area (Å²) in [5.41, 5.74) is 1.73. The van der Waals surface area contributed by atoms with Gasteiger partial charge in [0.1, 0.15) is 0 Å². The van der Waals surface area contributed by atoms with Gasteiger partial charge >= 0.3 is 0 Å². The van der Waals surface area contributed by atoms with Gasteiger partial charge < -0.3 is 4.90 Å². The number of carbonyl (C=O) groups is 1. The van der Waals surface area contributed by atoms with Crippen LogP contribution in [-0.2, 0) is 21.2 Å². The Kier molecular flexibility index (Phi) is 4.92. The van der Waals surface area contributed by atoms with Gasteiger partial charge in [0.05, 0.1) is 4.90 Å². The highest BCUT2D eigenvalue weighted by atomic mass is 32.2. The SMILES string of the molecule is CCC(CC)NS(=O)(=O)c1ccc2c(c1)CC(C)N2C(C)=O. The van der Waals surface area contributed by atoms with Crippen LogP contribution in [0.3, 0.4) is 0 Å². The smallest absolute Gasteiger partial charge is 0.240 e. The van der Waals surface area contributed by atoms with Gasteiger partial charge in [0.25, 0.3) is 0 Å². The van der Waals surface area contributed by atoms with Gasteiger partial charge in [0.15, 0.2) is 0 Å². The highest BCUT2D eigenvalue weighted by molar-refractivity contribution is 7.89. The van der Waals surface area contributed by atoms with Crippen LogP contribution in [0.1, 0.15) is 46.1 Å². The van der Waals surface area contributed by atoms with E-state index >= 15 is 0 Å². The molecule has 5 nitrogen and oxygen atoms in total. The Morgan fingerprint density at radius 1 is 1.36 bits per heavy atom. The van der Waals surface area contributed by atoms with E-state index in [1.165, 1.54) is 6.92 Å². The van der Waals surface area contributed by atoms with E-state index in [0.717, 1.165) is 24.1 Å². The lowest BCUT2D eigenvalue weighted by atomic mass is 10.1. The van der Waals surface area contributed by atoms with Gasteiger partial charge in [0.2, 0.25) is 15.9 Å². The predicted molar refractivity (Wildman–Crippen MR) is 87.5 cm³/mol. The van der Waals surface area contributed by atoms with Crippen molar-refractivity contribution in [2.45, 2.75) is 63.9 Å². The summed E-state index contributed by atoms with van der Waals surface area (Å²) >= 11 is 0. The Balaban J connectivity index is 2.33. The van der Waals surface area contributed by atoms with Crippen molar-refractivity contribution in [3.8, 4) is 0 Å². The summed E-state index contributed by atoms with van der Waals surface area (Å²) in [6, 6.07) is 5.03. The van der Waals surface area contributed by atoms with Crippen molar-refractivity contribution < 1.29 is 13.2 Å². The van der Waals surface area contributed by atoms with E-state index in [-0.39, 0.29) is 22.9 Å². The van der Waals surface area contributed by atoms with E-state index in [1.807, 2.05) is 20.8 Å². The summed E-state index contributed by atoms with van der Waals surface area (Å²) < 4.78 is 27.7. The van der Waals surface area contributed by atoms with Gasteiger partial charge in [0, 0.05) is 24.7 Å². The fourth-order valence-corrected chi connectivity index (χ4v) is 4.45. The number of rotatable bonds is 5. The van der Waals surface area contributed by atoms with Gasteiger partial charge in [-0.3, -0.25) is 4.79 Å². The van der Waals surface area contributed by atoms with Crippen LogP contribution in [0.5, 0.6) is 0 Å². The average molecular weight is 324 g/mol. The Labute approximate surface area is 132 Å². The molecule has 1 aromatic rings. The van der Waals surface area contributed by atoms with Gasteiger partial charge in [-0.15, -0.1) is 0 Å². The second-order valence-electron chi connectivity index (χ2n) is 5.87. The van der Waals surface area contributed by atoms with Crippen LogP contribution in [0.2, 0.25) is 0 Å². The first-order valence-electron chi connectivity index (χ1n) is 7.75. The summed E-state index contributed by atoms with van der Waals surface area (Å²) in [7, 11) is -3.51. The summed E-state index contributed by atoms with van der Waals surface area (Å²) in [4.78, 5) is 13.7. The highest BCUT2D eigenvalue weighted by Crippen LogP contribution is 2.33. The van der Waals surface area contributed by atoms with E-state index < -0.39 is 10.0 Å². The molecule has 6 heteroatoms. The van der Waals surface area contributed by atoms with E-state index in [4.69, 9.17) is 0 Å². The summed E-state index contributed by atoms with van der Waals surface area (Å²) in [5.74, 6) is -0.0167. The Hall–Kier alpha value is -1.40. The maximum Gasteiger partial charge on any atom is 0.240 e. The van der Waals surface area contributed by atoms with Crippen molar-refractivity contribution in [3.05, 3.63) is 23.8 Å². The van der Waals surface area contributed by atoms with Crippen LogP contribution in [0, 0.1) is 0 Å². The molecule has 1 unspecified atom stereocenters. The first-order valence-corrected chi connectivity index (χ1v) is 9.23. The zero-order valence-corrected chi connectivity index (χ0v) is 14.4. The predicted octanol–water partition coefficient (Wildman–Crippen LogP) is 2.45. The van der Waals surface area contributed by atoms with E-state index in [2.05, 4.69) is 4.72 Å². The Morgan fingerprint density at radius 2 is 2.00 bits per heavy atom. The molecule has 1 amide bonds. The largest absolute Gasteiger partial charge is 0.309 e. The molecule has 0 spiro atoms. The minimum absolute atomic E-state index is 0.0167. The molecule has 1 atom stereocenters. The number of fused-ring (bicyclic) bond motifs is 1. The third-order valence-corrected chi connectivity index (χ3v) is 5.74. The summed E-state index contributed by atoms with van der Waals surface area (Å²) in [5, 5.41) is 0. The van der Waals surface area contributed by atoms with Gasteiger partial charge in [-0.25, -0.2) is 13.1 Å². The van der Waals surface area contributed by atoms with Crippen LogP contribution in [0.25, 0.3) is 0 Å². The van der Waals surface area contributed by atoms with Crippen molar-refractivity contribution in [1.29, 1.82) is 0 Å². The lowest BCUT2D eigenvalue weighted by molar-refractivity contribution is -0.116. The second-order valence-corrected chi connectivity index (χ2v) is 7.58. The molecule has 0 aliphatic carbocycles. The van der Waals surface area contributed by atoms with Crippen LogP contribution >= 0.6 is 0 Å². The standard InChI is InChI=1S/C16H24N2O3S/c1-5-14(6-2)17-22(20,21)15-7-8-16-13(10-15)9-11(3)18(16)12(4)19/h7-8,10-11,14,17H,5-6,9H2,1-4H3. The number of nitrogens with one attached hydrogen (secondary N) is 1. The second kappa shape index (κ2) is 6.38. The molecule has 1 aliphatic heterocycles. The van der Waals surface area contributed by atoms with Crippen molar-refractivity contribution in [3.63, 3.8) is 0 Å². The number of hydrogen-bond acceptors (Lipinski definition) is 3. The average Bonchev–Trinajstić information content (AvgIpc) is 2.79. The minimum atomic E-state index is -3.51. The molecule has 0 bridgehead atoms. The van der Waals surface area contributed by atoms with Crippen molar-refractivity contribution in [2.24, 2.45) is 0 Å². The van der Waals surface area contributed by atoms with E-state index in [1.54, 1.807) is 23.1 Å². The van der Waals surface area contributed by atoms with E-state index in [9.17, 15) is 13.2 Å². The molecule has 0 fully saturated rings. The molecule has 1 N–H and O–H groups in total. The third kappa shape index (κ3) is 3.17. The number of sulfonamides is 1. The lowest BCUT2D eigenvalue weighted by Gasteiger charge is -2.20. The number of hydrogen-bond donors (Lipinski definition) is 1. The Bertz CT molecular complexity index is 666. The van der Waals surface area contributed by atoms with Gasteiger partial charge in [-0.05, 0) is 49.9 Å². The quantitative estimate of drug-likeness (QED) is 0.904. The first-order chi connectivity index (χ1) is 10.3. The topological polar surface area (TPSA) is 66.5 Å². The van der Waals surface area contributed by atoms with Crippen LogP contribution in [0.4, 0.5) is 5.69 Å². The van der Waals surface area contributed by atoms with Crippen molar-refractivity contribution in [2.75, 3.05) is 4.90 Å². The molecule has 0 radical (unpaired) electrons. The molecule has 0 aromatic heterocycles. The monoisotopic (exact) mass is 324 g/mol. The van der Waals surface area contributed by atoms with Crippen LogP contribution in [0.15, 0.2) is 23.1 Å². The summed E-state index contributed by atoms with van der Waals surface area (Å²) in [6.45, 7) is 7.43. The molecule has 0 saturated carbocycles. The van der Waals surface area contributed by atoms with Crippen molar-refractivity contribution >= 4 is 21.6 Å². The molecular formula is C16H24N2O3S. The molecule has 1 aliphatic rings. The summed E-state index contributed by atoms with van der Waals surface area (Å²) in [6.07, 6.45) is 2.20. The molecule has 1 aromatic carbocycles. The maximum absolute atomic E-state index is 12.5. The third-order valence-electron chi connectivity index (χ3n) is 4.22. The van der Waals surface area contributed by atoms with E-state index in [0.29, 0.717) is 6.42 Å². The molecule has 22 heavy (non-hydrogen) atoms. The zero-order valence-electron chi connectivity index (χ0n) is 13.6. The normalized spacial score (nSPS) is 17.9. The Morgan fingerprint density at radius 3 is 2.55 bits per heavy atom. The molecule has 0 saturated heterocycles. The highest BCUT2D eigenvalue weighted by Gasteiger charge is 2.30. The number of anilines is 1. The fraction of sp³-hybridized carbons (Fsp3) is 0.562. The lowest BCUT2D eigenvalue weighted by Crippen LogP contribution is -2.34. The van der Waals surface area contributed by atoms with Gasteiger partial charge in [-0.2, -0.15) is 0 Å². The van der Waals surface area contributed by atoms with Gasteiger partial charge in [-0.1, -0.05) is 13.8 Å². The maximum atomic E-state index is 12.5. The molecule has 122 valence electrons. The molecule has 1 heterocycles. The van der Waals surface area contributed by atoms with Crippen LogP contribution in [-0.4, -0.2) is 26.4 Å². The minimum Gasteiger partial charge on any atom is -0.309 e. The number of carbonyl (C=O) groups excluding carboxylic acids is 1. The first kappa shape index (κ1) is 17.0. The number of amides is 1. The number of nitrogens with zero attached hydrogens (tertiary/aromatic N) is 1. The van der Waals surface area contributed by atoms with Crippen molar-refractivity contribution in [1.82, 2.24) is 4.72 Å².